The average molecular weight is 264 g/mol. The second-order valence-electron chi connectivity index (χ2n) is 6.01. The first-order chi connectivity index (χ1) is 8.80. The molecule has 1 rings (SSSR count). The molecule has 1 aromatic rings. The second-order valence-corrected chi connectivity index (χ2v) is 6.01. The molecular weight excluding hydrogens is 240 g/mol. The van der Waals surface area contributed by atoms with Crippen LogP contribution in [0.4, 0.5) is 0 Å². The predicted molar refractivity (Wildman–Crippen MR) is 77.4 cm³/mol. The van der Waals surface area contributed by atoms with Crippen LogP contribution in [0.2, 0.25) is 0 Å². The van der Waals surface area contributed by atoms with E-state index < -0.39 is 5.97 Å². The normalized spacial score (nSPS) is 11.8. The second kappa shape index (κ2) is 6.68. The summed E-state index contributed by atoms with van der Waals surface area (Å²) in [6.07, 6.45) is 0. The molecule has 0 atom stereocenters. The van der Waals surface area contributed by atoms with Crippen LogP contribution in [-0.4, -0.2) is 43.2 Å². The van der Waals surface area contributed by atoms with Crippen LogP contribution in [0.25, 0.3) is 0 Å². The van der Waals surface area contributed by atoms with E-state index in [0.717, 1.165) is 18.7 Å². The van der Waals surface area contributed by atoms with Gasteiger partial charge in [0.15, 0.2) is 0 Å². The maximum Gasteiger partial charge on any atom is 0.335 e. The van der Waals surface area contributed by atoms with Crippen molar-refractivity contribution in [3.05, 3.63) is 35.4 Å². The van der Waals surface area contributed by atoms with Gasteiger partial charge in [-0.15, -0.1) is 0 Å². The number of nitrogens with one attached hydrogen (secondary N) is 1. The smallest absolute Gasteiger partial charge is 0.335 e. The van der Waals surface area contributed by atoms with Crippen molar-refractivity contribution in [3.63, 3.8) is 0 Å². The van der Waals surface area contributed by atoms with Gasteiger partial charge in [0.25, 0.3) is 0 Å². The minimum Gasteiger partial charge on any atom is -0.478 e. The Bertz CT molecular complexity index is 428. The largest absolute Gasteiger partial charge is 0.478 e. The standard InChI is InChI=1S/C15H24N2O2/c1-15(2,11-17(3)4)10-16-9-12-6-5-7-13(8-12)14(18)19/h5-8,16H,9-11H2,1-4H3,(H,18,19). The van der Waals surface area contributed by atoms with E-state index in [-0.39, 0.29) is 5.41 Å². The fourth-order valence-corrected chi connectivity index (χ4v) is 2.27. The van der Waals surface area contributed by atoms with Crippen LogP contribution < -0.4 is 5.32 Å². The van der Waals surface area contributed by atoms with Crippen molar-refractivity contribution in [2.45, 2.75) is 20.4 Å². The molecule has 1 aromatic carbocycles. The Morgan fingerprint density at radius 3 is 2.63 bits per heavy atom. The van der Waals surface area contributed by atoms with E-state index in [0.29, 0.717) is 12.1 Å². The van der Waals surface area contributed by atoms with Crippen LogP contribution in [-0.2, 0) is 6.54 Å². The number of nitrogens with zero attached hydrogens (tertiary/aromatic N) is 1. The van der Waals surface area contributed by atoms with Crippen molar-refractivity contribution in [2.24, 2.45) is 5.41 Å². The Hall–Kier alpha value is -1.39. The van der Waals surface area contributed by atoms with Gasteiger partial charge < -0.3 is 15.3 Å². The quantitative estimate of drug-likeness (QED) is 0.791. The Balaban J connectivity index is 2.49. The van der Waals surface area contributed by atoms with Gasteiger partial charge in [0.1, 0.15) is 0 Å². The molecule has 0 saturated heterocycles. The lowest BCUT2D eigenvalue weighted by Crippen LogP contribution is -2.37. The van der Waals surface area contributed by atoms with Crippen molar-refractivity contribution >= 4 is 5.97 Å². The highest BCUT2D eigenvalue weighted by molar-refractivity contribution is 5.87. The van der Waals surface area contributed by atoms with Crippen LogP contribution >= 0.6 is 0 Å². The summed E-state index contributed by atoms with van der Waals surface area (Å²) in [7, 11) is 4.14. The van der Waals surface area contributed by atoms with Gasteiger partial charge in [0.2, 0.25) is 0 Å². The SMILES string of the molecule is CN(C)CC(C)(C)CNCc1cccc(C(=O)O)c1. The number of aromatic carboxylic acids is 1. The number of rotatable bonds is 7. The molecule has 0 aliphatic carbocycles. The van der Waals surface area contributed by atoms with Gasteiger partial charge in [-0.25, -0.2) is 4.79 Å². The van der Waals surface area contributed by atoms with E-state index in [1.54, 1.807) is 18.2 Å². The van der Waals surface area contributed by atoms with E-state index in [1.807, 2.05) is 6.07 Å². The Kier molecular flexibility index (Phi) is 5.51. The van der Waals surface area contributed by atoms with Crippen molar-refractivity contribution in [3.8, 4) is 0 Å². The highest BCUT2D eigenvalue weighted by Gasteiger charge is 2.18. The van der Waals surface area contributed by atoms with Gasteiger partial charge in [0, 0.05) is 19.6 Å². The van der Waals surface area contributed by atoms with Crippen molar-refractivity contribution in [1.82, 2.24) is 10.2 Å². The van der Waals surface area contributed by atoms with Crippen molar-refractivity contribution < 1.29 is 9.90 Å². The molecule has 0 aliphatic rings. The summed E-state index contributed by atoms with van der Waals surface area (Å²) in [5.74, 6) is -0.880. The molecule has 0 spiro atoms. The molecule has 0 aromatic heterocycles. The van der Waals surface area contributed by atoms with E-state index in [1.165, 1.54) is 0 Å². The molecule has 0 unspecified atom stereocenters. The monoisotopic (exact) mass is 264 g/mol. The molecule has 0 amide bonds. The van der Waals surface area contributed by atoms with Gasteiger partial charge in [0.05, 0.1) is 5.56 Å². The third-order valence-corrected chi connectivity index (χ3v) is 2.85. The van der Waals surface area contributed by atoms with Gasteiger partial charge >= 0.3 is 5.97 Å². The first-order valence-electron chi connectivity index (χ1n) is 6.48. The fraction of sp³-hybridized carbons (Fsp3) is 0.533. The zero-order valence-electron chi connectivity index (χ0n) is 12.2. The van der Waals surface area contributed by atoms with Gasteiger partial charge in [-0.05, 0) is 37.2 Å². The van der Waals surface area contributed by atoms with Crippen LogP contribution in [0.1, 0.15) is 29.8 Å². The lowest BCUT2D eigenvalue weighted by Gasteiger charge is -2.28. The molecule has 4 heteroatoms. The third kappa shape index (κ3) is 5.85. The fourth-order valence-electron chi connectivity index (χ4n) is 2.27. The summed E-state index contributed by atoms with van der Waals surface area (Å²) in [5, 5.41) is 12.3. The number of carboxylic acid groups (broad SMARTS) is 1. The molecule has 0 heterocycles. The average Bonchev–Trinajstić information content (AvgIpc) is 2.27. The molecule has 0 radical (unpaired) electrons. The molecule has 0 aliphatic heterocycles. The zero-order valence-corrected chi connectivity index (χ0v) is 12.2. The topological polar surface area (TPSA) is 52.6 Å². The van der Waals surface area contributed by atoms with Crippen LogP contribution in [0, 0.1) is 5.41 Å². The molecule has 2 N–H and O–H groups in total. The predicted octanol–water partition coefficient (Wildman–Crippen LogP) is 2.06. The summed E-state index contributed by atoms with van der Waals surface area (Å²) in [6.45, 7) is 7.02. The molecule has 4 nitrogen and oxygen atoms in total. The third-order valence-electron chi connectivity index (χ3n) is 2.85. The number of carboxylic acids is 1. The summed E-state index contributed by atoms with van der Waals surface area (Å²) in [6, 6.07) is 7.06. The molecule has 19 heavy (non-hydrogen) atoms. The van der Waals surface area contributed by atoms with Crippen LogP contribution in [0.3, 0.4) is 0 Å². The van der Waals surface area contributed by atoms with Gasteiger partial charge in [-0.3, -0.25) is 0 Å². The minimum atomic E-state index is -0.880. The summed E-state index contributed by atoms with van der Waals surface area (Å²) >= 11 is 0. The highest BCUT2D eigenvalue weighted by Crippen LogP contribution is 2.14. The molecule has 0 saturated carbocycles. The first-order valence-corrected chi connectivity index (χ1v) is 6.48. The Morgan fingerprint density at radius 1 is 1.37 bits per heavy atom. The van der Waals surface area contributed by atoms with Crippen LogP contribution in [0.5, 0.6) is 0 Å². The van der Waals surface area contributed by atoms with Crippen molar-refractivity contribution in [2.75, 3.05) is 27.2 Å². The zero-order chi connectivity index (χ0) is 14.5. The lowest BCUT2D eigenvalue weighted by atomic mass is 9.93. The number of hydrogen-bond acceptors (Lipinski definition) is 3. The molecule has 0 fully saturated rings. The van der Waals surface area contributed by atoms with Crippen LogP contribution in [0.15, 0.2) is 24.3 Å². The van der Waals surface area contributed by atoms with Crippen molar-refractivity contribution in [1.29, 1.82) is 0 Å². The number of carbonyl (C=O) groups is 1. The Morgan fingerprint density at radius 2 is 2.05 bits per heavy atom. The lowest BCUT2D eigenvalue weighted by molar-refractivity contribution is 0.0696. The highest BCUT2D eigenvalue weighted by atomic mass is 16.4. The minimum absolute atomic E-state index is 0.188. The number of hydrogen-bond donors (Lipinski definition) is 2. The maximum atomic E-state index is 10.9. The van der Waals surface area contributed by atoms with Gasteiger partial charge in [-0.2, -0.15) is 0 Å². The maximum absolute atomic E-state index is 10.9. The van der Waals surface area contributed by atoms with Gasteiger partial charge in [-0.1, -0.05) is 26.0 Å². The van der Waals surface area contributed by atoms with E-state index in [9.17, 15) is 4.79 Å². The molecule has 0 bridgehead atoms. The first kappa shape index (κ1) is 15.7. The molecular formula is C15H24N2O2. The van der Waals surface area contributed by atoms with E-state index in [4.69, 9.17) is 5.11 Å². The van der Waals surface area contributed by atoms with E-state index in [2.05, 4.69) is 38.2 Å². The molecule has 106 valence electrons. The number of benzene rings is 1. The Labute approximate surface area is 115 Å². The summed E-state index contributed by atoms with van der Waals surface area (Å²) in [4.78, 5) is 13.1. The summed E-state index contributed by atoms with van der Waals surface area (Å²) in [5.41, 5.74) is 1.53. The van der Waals surface area contributed by atoms with E-state index >= 15 is 0 Å². The summed E-state index contributed by atoms with van der Waals surface area (Å²) < 4.78 is 0.